The van der Waals surface area contributed by atoms with Crippen LogP contribution in [0, 0.1) is 13.8 Å². The minimum absolute atomic E-state index is 0.244. The normalized spacial score (nSPS) is 11.1. The standard InChI is InChI=1S/C16H15F3N2S/c1-10-5-3-8-14(11(10)2)21-15(22)20-13-7-4-6-12(9-13)16(17,18)19/h3-9H,1-2H3,(H2,20,21,22). The summed E-state index contributed by atoms with van der Waals surface area (Å²) in [6, 6.07) is 10.6. The average molecular weight is 324 g/mol. The van der Waals surface area contributed by atoms with E-state index in [1.165, 1.54) is 12.1 Å². The number of rotatable bonds is 2. The zero-order chi connectivity index (χ0) is 16.3. The Labute approximate surface area is 132 Å². The van der Waals surface area contributed by atoms with Crippen LogP contribution in [0.5, 0.6) is 0 Å². The molecule has 2 nitrogen and oxygen atoms in total. The fourth-order valence-corrected chi connectivity index (χ4v) is 2.17. The first kappa shape index (κ1) is 16.3. The minimum Gasteiger partial charge on any atom is -0.332 e. The number of hydrogen-bond donors (Lipinski definition) is 2. The van der Waals surface area contributed by atoms with Gasteiger partial charge in [0, 0.05) is 11.4 Å². The molecule has 0 radical (unpaired) electrons. The molecule has 2 aromatic rings. The molecule has 22 heavy (non-hydrogen) atoms. The van der Waals surface area contributed by atoms with Crippen LogP contribution < -0.4 is 10.6 Å². The van der Waals surface area contributed by atoms with E-state index in [0.717, 1.165) is 28.9 Å². The van der Waals surface area contributed by atoms with Crippen LogP contribution in [0.3, 0.4) is 0 Å². The largest absolute Gasteiger partial charge is 0.416 e. The van der Waals surface area contributed by atoms with E-state index in [2.05, 4.69) is 10.6 Å². The summed E-state index contributed by atoms with van der Waals surface area (Å²) in [7, 11) is 0. The highest BCUT2D eigenvalue weighted by Gasteiger charge is 2.30. The van der Waals surface area contributed by atoms with Gasteiger partial charge in [0.05, 0.1) is 5.56 Å². The van der Waals surface area contributed by atoms with Crippen molar-refractivity contribution in [3.8, 4) is 0 Å². The van der Waals surface area contributed by atoms with Gasteiger partial charge in [0.1, 0.15) is 0 Å². The Morgan fingerprint density at radius 2 is 1.68 bits per heavy atom. The van der Waals surface area contributed by atoms with Gasteiger partial charge in [0.15, 0.2) is 5.11 Å². The second kappa shape index (κ2) is 6.36. The quantitative estimate of drug-likeness (QED) is 0.749. The summed E-state index contributed by atoms with van der Waals surface area (Å²) in [5.41, 5.74) is 2.54. The van der Waals surface area contributed by atoms with Crippen molar-refractivity contribution in [3.05, 3.63) is 59.2 Å². The molecule has 2 rings (SSSR count). The van der Waals surface area contributed by atoms with Crippen molar-refractivity contribution < 1.29 is 13.2 Å². The van der Waals surface area contributed by atoms with Crippen LogP contribution in [0.4, 0.5) is 24.5 Å². The molecule has 0 atom stereocenters. The maximum Gasteiger partial charge on any atom is 0.416 e. The lowest BCUT2D eigenvalue weighted by Gasteiger charge is -2.15. The summed E-state index contributed by atoms with van der Waals surface area (Å²) in [5.74, 6) is 0. The molecule has 0 aromatic heterocycles. The molecule has 0 amide bonds. The first-order chi connectivity index (χ1) is 10.3. The summed E-state index contributed by atoms with van der Waals surface area (Å²) in [6.07, 6.45) is -4.38. The molecule has 2 aromatic carbocycles. The molecule has 0 aliphatic heterocycles. The number of hydrogen-bond acceptors (Lipinski definition) is 1. The molecule has 0 bridgehead atoms. The molecule has 0 saturated heterocycles. The fraction of sp³-hybridized carbons (Fsp3) is 0.188. The van der Waals surface area contributed by atoms with Crippen LogP contribution in [0.2, 0.25) is 0 Å². The molecule has 0 fully saturated rings. The third-order valence-corrected chi connectivity index (χ3v) is 3.50. The lowest BCUT2D eigenvalue weighted by molar-refractivity contribution is -0.137. The fourth-order valence-electron chi connectivity index (χ4n) is 1.94. The van der Waals surface area contributed by atoms with E-state index in [1.807, 2.05) is 32.0 Å². The van der Waals surface area contributed by atoms with Crippen LogP contribution in [0.25, 0.3) is 0 Å². The van der Waals surface area contributed by atoms with Gasteiger partial charge in [0.25, 0.3) is 0 Å². The molecule has 6 heteroatoms. The Morgan fingerprint density at radius 1 is 1.00 bits per heavy atom. The van der Waals surface area contributed by atoms with Gasteiger partial charge in [-0.15, -0.1) is 0 Å². The molecule has 0 aliphatic rings. The lowest BCUT2D eigenvalue weighted by atomic mass is 10.1. The smallest absolute Gasteiger partial charge is 0.332 e. The third-order valence-electron chi connectivity index (χ3n) is 3.30. The molecular formula is C16H15F3N2S. The predicted octanol–water partition coefficient (Wildman–Crippen LogP) is 5.13. The molecule has 0 spiro atoms. The maximum absolute atomic E-state index is 12.7. The van der Waals surface area contributed by atoms with Gasteiger partial charge in [-0.25, -0.2) is 0 Å². The van der Waals surface area contributed by atoms with E-state index < -0.39 is 11.7 Å². The van der Waals surface area contributed by atoms with Crippen LogP contribution in [0.1, 0.15) is 16.7 Å². The molecule has 0 saturated carbocycles. The molecule has 116 valence electrons. The highest BCUT2D eigenvalue weighted by Crippen LogP contribution is 2.30. The number of halogens is 3. The molecular weight excluding hydrogens is 309 g/mol. The van der Waals surface area contributed by atoms with E-state index in [0.29, 0.717) is 0 Å². The second-order valence-corrected chi connectivity index (χ2v) is 5.31. The van der Waals surface area contributed by atoms with E-state index in [4.69, 9.17) is 12.2 Å². The number of alkyl halides is 3. The first-order valence-corrected chi connectivity index (χ1v) is 6.99. The van der Waals surface area contributed by atoms with E-state index in [9.17, 15) is 13.2 Å². The monoisotopic (exact) mass is 324 g/mol. The number of benzene rings is 2. The summed E-state index contributed by atoms with van der Waals surface area (Å²) in [4.78, 5) is 0. The van der Waals surface area contributed by atoms with Crippen LogP contribution >= 0.6 is 12.2 Å². The van der Waals surface area contributed by atoms with Crippen molar-refractivity contribution >= 4 is 28.7 Å². The van der Waals surface area contributed by atoms with Crippen molar-refractivity contribution in [2.24, 2.45) is 0 Å². The highest BCUT2D eigenvalue weighted by atomic mass is 32.1. The Hall–Kier alpha value is -2.08. The zero-order valence-corrected chi connectivity index (χ0v) is 12.9. The predicted molar refractivity (Wildman–Crippen MR) is 87.2 cm³/mol. The Kier molecular flexibility index (Phi) is 4.71. The Balaban J connectivity index is 2.11. The average Bonchev–Trinajstić information content (AvgIpc) is 2.43. The van der Waals surface area contributed by atoms with Gasteiger partial charge < -0.3 is 10.6 Å². The molecule has 2 N–H and O–H groups in total. The van der Waals surface area contributed by atoms with Crippen LogP contribution in [0.15, 0.2) is 42.5 Å². The van der Waals surface area contributed by atoms with Gasteiger partial charge >= 0.3 is 6.18 Å². The van der Waals surface area contributed by atoms with Gasteiger partial charge in [-0.05, 0) is 61.5 Å². The molecule has 0 unspecified atom stereocenters. The van der Waals surface area contributed by atoms with Gasteiger partial charge in [-0.1, -0.05) is 18.2 Å². The van der Waals surface area contributed by atoms with Crippen molar-refractivity contribution in [2.45, 2.75) is 20.0 Å². The van der Waals surface area contributed by atoms with Gasteiger partial charge in [-0.3, -0.25) is 0 Å². The van der Waals surface area contributed by atoms with Crippen molar-refractivity contribution in [1.29, 1.82) is 0 Å². The number of anilines is 2. The molecule has 0 heterocycles. The highest BCUT2D eigenvalue weighted by molar-refractivity contribution is 7.80. The summed E-state index contributed by atoms with van der Waals surface area (Å²) < 4.78 is 38.0. The number of aryl methyl sites for hydroxylation is 1. The third kappa shape index (κ3) is 3.98. The van der Waals surface area contributed by atoms with Crippen molar-refractivity contribution in [3.63, 3.8) is 0 Å². The molecule has 0 aliphatic carbocycles. The van der Waals surface area contributed by atoms with E-state index >= 15 is 0 Å². The second-order valence-electron chi connectivity index (χ2n) is 4.91. The maximum atomic E-state index is 12.7. The van der Waals surface area contributed by atoms with Gasteiger partial charge in [0.2, 0.25) is 0 Å². The lowest BCUT2D eigenvalue weighted by Crippen LogP contribution is -2.20. The number of thiocarbonyl (C=S) groups is 1. The summed E-state index contributed by atoms with van der Waals surface area (Å²) in [6.45, 7) is 3.92. The number of nitrogens with one attached hydrogen (secondary N) is 2. The van der Waals surface area contributed by atoms with E-state index in [-0.39, 0.29) is 10.8 Å². The Morgan fingerprint density at radius 3 is 2.36 bits per heavy atom. The van der Waals surface area contributed by atoms with Gasteiger partial charge in [-0.2, -0.15) is 13.2 Å². The Bertz CT molecular complexity index is 696. The van der Waals surface area contributed by atoms with Crippen molar-refractivity contribution in [1.82, 2.24) is 0 Å². The van der Waals surface area contributed by atoms with Crippen molar-refractivity contribution in [2.75, 3.05) is 10.6 Å². The topological polar surface area (TPSA) is 24.1 Å². The summed E-state index contributed by atoms with van der Waals surface area (Å²) >= 11 is 5.15. The summed E-state index contributed by atoms with van der Waals surface area (Å²) in [5, 5.41) is 6.01. The first-order valence-electron chi connectivity index (χ1n) is 6.59. The minimum atomic E-state index is -4.38. The SMILES string of the molecule is Cc1cccc(NC(=S)Nc2cccc(C(F)(F)F)c2)c1C. The zero-order valence-electron chi connectivity index (χ0n) is 12.1. The van der Waals surface area contributed by atoms with Crippen LogP contribution in [-0.2, 0) is 6.18 Å². The van der Waals surface area contributed by atoms with E-state index in [1.54, 1.807) is 0 Å². The van der Waals surface area contributed by atoms with Crippen LogP contribution in [-0.4, -0.2) is 5.11 Å².